The van der Waals surface area contributed by atoms with Gasteiger partial charge in [-0.2, -0.15) is 0 Å². The molecular weight excluding hydrogens is 248 g/mol. The molecule has 4 heteroatoms. The second kappa shape index (κ2) is 4.81. The van der Waals surface area contributed by atoms with Gasteiger partial charge in [0.1, 0.15) is 0 Å². The van der Waals surface area contributed by atoms with E-state index in [9.17, 15) is 0 Å². The van der Waals surface area contributed by atoms with Gasteiger partial charge in [-0.25, -0.2) is 9.97 Å². The standard InChI is InChI=1S/C16H16N4/c1-10-2-4-14(17)8-12(10)6-11-3-5-15-13(7-11)9-19-16(18)20-15/h2-5,7-9H,6,17H2,1H3,(H2,18,19,20). The molecule has 2 aromatic carbocycles. The quantitative estimate of drug-likeness (QED) is 0.698. The molecule has 20 heavy (non-hydrogen) atoms. The highest BCUT2D eigenvalue weighted by molar-refractivity contribution is 5.79. The van der Waals surface area contributed by atoms with Crippen LogP contribution in [0.15, 0.2) is 42.6 Å². The van der Waals surface area contributed by atoms with E-state index in [4.69, 9.17) is 11.5 Å². The third-order valence-electron chi connectivity index (χ3n) is 3.43. The third kappa shape index (κ3) is 2.40. The van der Waals surface area contributed by atoms with Gasteiger partial charge in [0, 0.05) is 17.3 Å². The SMILES string of the molecule is Cc1ccc(N)cc1Cc1ccc2nc(N)ncc2c1. The second-order valence-corrected chi connectivity index (χ2v) is 4.98. The molecular formula is C16H16N4. The van der Waals surface area contributed by atoms with E-state index in [1.54, 1.807) is 6.20 Å². The summed E-state index contributed by atoms with van der Waals surface area (Å²) >= 11 is 0. The molecule has 100 valence electrons. The molecule has 3 aromatic rings. The number of nitrogen functional groups attached to an aromatic ring is 2. The summed E-state index contributed by atoms with van der Waals surface area (Å²) in [6.45, 7) is 2.10. The molecule has 0 unspecified atom stereocenters. The highest BCUT2D eigenvalue weighted by atomic mass is 15.0. The lowest BCUT2D eigenvalue weighted by Crippen LogP contribution is -1.96. The zero-order chi connectivity index (χ0) is 14.1. The number of aryl methyl sites for hydroxylation is 1. The van der Waals surface area contributed by atoms with Crippen molar-refractivity contribution in [3.63, 3.8) is 0 Å². The van der Waals surface area contributed by atoms with E-state index in [0.29, 0.717) is 5.95 Å². The smallest absolute Gasteiger partial charge is 0.220 e. The van der Waals surface area contributed by atoms with E-state index in [1.165, 1.54) is 16.7 Å². The van der Waals surface area contributed by atoms with Crippen molar-refractivity contribution in [3.05, 3.63) is 59.3 Å². The number of nitrogens with zero attached hydrogens (tertiary/aromatic N) is 2. The third-order valence-corrected chi connectivity index (χ3v) is 3.43. The van der Waals surface area contributed by atoms with Gasteiger partial charge in [0.05, 0.1) is 5.52 Å². The minimum absolute atomic E-state index is 0.303. The minimum Gasteiger partial charge on any atom is -0.399 e. The highest BCUT2D eigenvalue weighted by Gasteiger charge is 2.03. The number of rotatable bonds is 2. The molecule has 0 saturated heterocycles. The van der Waals surface area contributed by atoms with E-state index in [2.05, 4.69) is 35.1 Å². The predicted octanol–water partition coefficient (Wildman–Crippen LogP) is 2.69. The Kier molecular flexibility index (Phi) is 2.99. The summed E-state index contributed by atoms with van der Waals surface area (Å²) in [6.07, 6.45) is 2.60. The molecule has 1 aromatic heterocycles. The summed E-state index contributed by atoms with van der Waals surface area (Å²) in [6, 6.07) is 12.1. The van der Waals surface area contributed by atoms with Crippen molar-refractivity contribution in [2.24, 2.45) is 0 Å². The van der Waals surface area contributed by atoms with Crippen LogP contribution in [0, 0.1) is 6.92 Å². The zero-order valence-electron chi connectivity index (χ0n) is 11.3. The maximum Gasteiger partial charge on any atom is 0.220 e. The molecule has 0 saturated carbocycles. The number of nitrogens with two attached hydrogens (primary N) is 2. The average molecular weight is 264 g/mol. The summed E-state index contributed by atoms with van der Waals surface area (Å²) in [7, 11) is 0. The molecule has 4 nitrogen and oxygen atoms in total. The van der Waals surface area contributed by atoms with Crippen molar-refractivity contribution in [2.45, 2.75) is 13.3 Å². The fourth-order valence-electron chi connectivity index (χ4n) is 2.31. The Morgan fingerprint density at radius 3 is 2.75 bits per heavy atom. The topological polar surface area (TPSA) is 77.8 Å². The Morgan fingerprint density at radius 2 is 1.90 bits per heavy atom. The van der Waals surface area contributed by atoms with Gasteiger partial charge in [0.15, 0.2) is 0 Å². The number of fused-ring (bicyclic) bond motifs is 1. The number of aromatic nitrogens is 2. The van der Waals surface area contributed by atoms with Crippen molar-refractivity contribution in [2.75, 3.05) is 11.5 Å². The molecule has 0 aliphatic heterocycles. The van der Waals surface area contributed by atoms with E-state index >= 15 is 0 Å². The Balaban J connectivity index is 1.98. The second-order valence-electron chi connectivity index (χ2n) is 4.98. The molecule has 0 fully saturated rings. The Hall–Kier alpha value is -2.62. The van der Waals surface area contributed by atoms with Crippen LogP contribution in [0.25, 0.3) is 10.9 Å². The molecule has 0 spiro atoms. The Morgan fingerprint density at radius 1 is 1.05 bits per heavy atom. The van der Waals surface area contributed by atoms with Crippen LogP contribution in [0.1, 0.15) is 16.7 Å². The van der Waals surface area contributed by atoms with E-state index < -0.39 is 0 Å². The fraction of sp³-hybridized carbons (Fsp3) is 0.125. The van der Waals surface area contributed by atoms with Crippen LogP contribution < -0.4 is 11.5 Å². The molecule has 0 amide bonds. The minimum atomic E-state index is 0.303. The zero-order valence-corrected chi connectivity index (χ0v) is 11.3. The van der Waals surface area contributed by atoms with Crippen LogP contribution in [0.5, 0.6) is 0 Å². The first kappa shape index (κ1) is 12.4. The Bertz CT molecular complexity index is 781. The van der Waals surface area contributed by atoms with Gasteiger partial charge in [0.25, 0.3) is 0 Å². The van der Waals surface area contributed by atoms with Gasteiger partial charge in [-0.3, -0.25) is 0 Å². The molecule has 4 N–H and O–H groups in total. The summed E-state index contributed by atoms with van der Waals surface area (Å²) < 4.78 is 0. The van der Waals surface area contributed by atoms with Crippen LogP contribution >= 0.6 is 0 Å². The largest absolute Gasteiger partial charge is 0.399 e. The molecule has 0 aliphatic carbocycles. The summed E-state index contributed by atoms with van der Waals surface area (Å²) in [5.74, 6) is 0.303. The monoisotopic (exact) mass is 264 g/mol. The van der Waals surface area contributed by atoms with Gasteiger partial charge in [-0.05, 0) is 54.3 Å². The van der Waals surface area contributed by atoms with Crippen molar-refractivity contribution in [1.82, 2.24) is 9.97 Å². The molecule has 0 radical (unpaired) electrons. The lowest BCUT2D eigenvalue weighted by molar-refractivity contribution is 1.16. The summed E-state index contributed by atoms with van der Waals surface area (Å²) in [5.41, 5.74) is 16.8. The maximum absolute atomic E-state index is 5.85. The molecule has 0 atom stereocenters. The van der Waals surface area contributed by atoms with Crippen LogP contribution in [0.3, 0.4) is 0 Å². The molecule has 1 heterocycles. The number of hydrogen-bond donors (Lipinski definition) is 2. The van der Waals surface area contributed by atoms with Crippen molar-refractivity contribution < 1.29 is 0 Å². The number of anilines is 2. The first-order chi connectivity index (χ1) is 9.61. The van der Waals surface area contributed by atoms with Crippen LogP contribution in [0.4, 0.5) is 11.6 Å². The maximum atomic E-state index is 5.85. The highest BCUT2D eigenvalue weighted by Crippen LogP contribution is 2.20. The van der Waals surface area contributed by atoms with E-state index in [0.717, 1.165) is 23.0 Å². The number of benzene rings is 2. The van der Waals surface area contributed by atoms with Gasteiger partial charge in [-0.1, -0.05) is 12.1 Å². The van der Waals surface area contributed by atoms with Gasteiger partial charge in [-0.15, -0.1) is 0 Å². The van der Waals surface area contributed by atoms with Gasteiger partial charge in [0.2, 0.25) is 5.95 Å². The lowest BCUT2D eigenvalue weighted by Gasteiger charge is -2.08. The van der Waals surface area contributed by atoms with Crippen LogP contribution in [-0.2, 0) is 6.42 Å². The summed E-state index contributed by atoms with van der Waals surface area (Å²) in [4.78, 5) is 8.24. The van der Waals surface area contributed by atoms with Gasteiger partial charge < -0.3 is 11.5 Å². The fourth-order valence-corrected chi connectivity index (χ4v) is 2.31. The van der Waals surface area contributed by atoms with Crippen molar-refractivity contribution >= 4 is 22.5 Å². The number of hydrogen-bond acceptors (Lipinski definition) is 4. The molecule has 3 rings (SSSR count). The summed E-state index contributed by atoms with van der Waals surface area (Å²) in [5, 5.41) is 0.998. The van der Waals surface area contributed by atoms with E-state index in [-0.39, 0.29) is 0 Å². The molecule has 0 aliphatic rings. The molecule has 0 bridgehead atoms. The van der Waals surface area contributed by atoms with E-state index in [1.807, 2.05) is 18.2 Å². The normalized spacial score (nSPS) is 10.8. The first-order valence-corrected chi connectivity index (χ1v) is 6.48. The Labute approximate surface area is 117 Å². The predicted molar refractivity (Wildman–Crippen MR) is 82.3 cm³/mol. The van der Waals surface area contributed by atoms with Gasteiger partial charge >= 0.3 is 0 Å². The first-order valence-electron chi connectivity index (χ1n) is 6.48. The van der Waals surface area contributed by atoms with Crippen LogP contribution in [0.2, 0.25) is 0 Å². The van der Waals surface area contributed by atoms with Crippen molar-refractivity contribution in [3.8, 4) is 0 Å². The average Bonchev–Trinajstić information content (AvgIpc) is 2.43. The lowest BCUT2D eigenvalue weighted by atomic mass is 9.99. The van der Waals surface area contributed by atoms with Crippen LogP contribution in [-0.4, -0.2) is 9.97 Å². The van der Waals surface area contributed by atoms with Crippen molar-refractivity contribution in [1.29, 1.82) is 0 Å².